The Morgan fingerprint density at radius 1 is 1.24 bits per heavy atom. The fourth-order valence-corrected chi connectivity index (χ4v) is 4.93. The molecule has 1 amide bonds. The third-order valence-electron chi connectivity index (χ3n) is 5.64. The second kappa shape index (κ2) is 7.52. The summed E-state index contributed by atoms with van der Waals surface area (Å²) in [5, 5.41) is 0.725. The lowest BCUT2D eigenvalue weighted by Gasteiger charge is -2.34. The number of rotatable bonds is 2. The predicted octanol–water partition coefficient (Wildman–Crippen LogP) is 2.86. The van der Waals surface area contributed by atoms with Crippen molar-refractivity contribution in [1.29, 1.82) is 0 Å². The molecule has 1 atom stereocenters. The first-order valence-corrected chi connectivity index (χ1v) is 10.9. The summed E-state index contributed by atoms with van der Waals surface area (Å²) >= 11 is 1.51. The molecule has 2 aromatic rings. The highest BCUT2D eigenvalue weighted by Gasteiger charge is 2.32. The average Bonchev–Trinajstić information content (AvgIpc) is 2.71. The lowest BCUT2D eigenvalue weighted by atomic mass is 9.92. The highest BCUT2D eigenvalue weighted by molar-refractivity contribution is 7.99. The average molecular weight is 414 g/mol. The van der Waals surface area contributed by atoms with Gasteiger partial charge >= 0.3 is 0 Å². The van der Waals surface area contributed by atoms with E-state index in [1.807, 2.05) is 17.0 Å². The second-order valence-corrected chi connectivity index (χ2v) is 9.76. The summed E-state index contributed by atoms with van der Waals surface area (Å²) in [6.07, 6.45) is 0.825. The zero-order chi connectivity index (χ0) is 20.8. The highest BCUT2D eigenvalue weighted by Crippen LogP contribution is 2.30. The Hall–Kier alpha value is -2.28. The molecule has 1 aromatic carbocycles. The molecule has 1 unspecified atom stereocenters. The fraction of sp³-hybridized carbons (Fsp3) is 0.500. The van der Waals surface area contributed by atoms with E-state index in [2.05, 4.69) is 31.8 Å². The molecule has 0 saturated carbocycles. The van der Waals surface area contributed by atoms with Crippen LogP contribution >= 0.6 is 11.8 Å². The van der Waals surface area contributed by atoms with Crippen LogP contribution in [-0.2, 0) is 29.7 Å². The van der Waals surface area contributed by atoms with Crippen LogP contribution in [0.2, 0.25) is 0 Å². The standard InChI is InChI=1S/C22H27N3O3S/c1-22(2,3)18-10-19(26)25-12-16(13-29-21(25)23-18)20(27)24-8-7-14-9-17(28-4)6-5-15(14)11-24/h5-6,9-10,16H,7-8,11-13H2,1-4H3. The molecule has 2 aliphatic rings. The van der Waals surface area contributed by atoms with Crippen molar-refractivity contribution in [1.82, 2.24) is 14.5 Å². The number of nitrogens with zero attached hydrogens (tertiary/aromatic N) is 3. The molecule has 7 heteroatoms. The number of benzene rings is 1. The van der Waals surface area contributed by atoms with Crippen LogP contribution in [-0.4, -0.2) is 39.8 Å². The van der Waals surface area contributed by atoms with Gasteiger partial charge in [-0.15, -0.1) is 0 Å². The van der Waals surface area contributed by atoms with Gasteiger partial charge in [0.2, 0.25) is 5.91 Å². The van der Waals surface area contributed by atoms with E-state index < -0.39 is 0 Å². The largest absolute Gasteiger partial charge is 0.497 e. The molecule has 4 rings (SSSR count). The molecule has 154 valence electrons. The molecule has 0 saturated heterocycles. The van der Waals surface area contributed by atoms with Crippen LogP contribution in [0.4, 0.5) is 0 Å². The van der Waals surface area contributed by atoms with Crippen LogP contribution in [0.25, 0.3) is 0 Å². The topological polar surface area (TPSA) is 64.4 Å². The quantitative estimate of drug-likeness (QED) is 0.709. The van der Waals surface area contributed by atoms with Gasteiger partial charge < -0.3 is 9.64 Å². The second-order valence-electron chi connectivity index (χ2n) is 8.78. The first-order chi connectivity index (χ1) is 13.8. The zero-order valence-corrected chi connectivity index (χ0v) is 18.2. The van der Waals surface area contributed by atoms with Gasteiger partial charge in [-0.2, -0.15) is 0 Å². The summed E-state index contributed by atoms with van der Waals surface area (Å²) in [6.45, 7) is 7.87. The molecule has 0 spiro atoms. The minimum atomic E-state index is -0.202. The molecule has 3 heterocycles. The SMILES string of the molecule is COc1ccc2c(c1)CCN(C(=O)C1CSc3nc(C(C)(C)C)cc(=O)n3C1)C2. The van der Waals surface area contributed by atoms with Crippen LogP contribution in [0.3, 0.4) is 0 Å². The van der Waals surface area contributed by atoms with Crippen molar-refractivity contribution >= 4 is 17.7 Å². The monoisotopic (exact) mass is 413 g/mol. The van der Waals surface area contributed by atoms with E-state index in [0.29, 0.717) is 25.4 Å². The Morgan fingerprint density at radius 3 is 2.76 bits per heavy atom. The summed E-state index contributed by atoms with van der Waals surface area (Å²) in [5.74, 6) is 1.43. The zero-order valence-electron chi connectivity index (χ0n) is 17.4. The molecular formula is C22H27N3O3S. The Bertz CT molecular complexity index is 1010. The van der Waals surface area contributed by atoms with E-state index in [-0.39, 0.29) is 22.8 Å². The molecular weight excluding hydrogens is 386 g/mol. The predicted molar refractivity (Wildman–Crippen MR) is 114 cm³/mol. The maximum Gasteiger partial charge on any atom is 0.254 e. The number of aromatic nitrogens is 2. The van der Waals surface area contributed by atoms with Gasteiger partial charge in [0.25, 0.3) is 5.56 Å². The van der Waals surface area contributed by atoms with E-state index in [9.17, 15) is 9.59 Å². The summed E-state index contributed by atoms with van der Waals surface area (Å²) in [4.78, 5) is 32.5. The fourth-order valence-electron chi connectivity index (χ4n) is 3.85. The van der Waals surface area contributed by atoms with Crippen molar-refractivity contribution in [2.24, 2.45) is 5.92 Å². The number of thioether (sulfide) groups is 1. The maximum atomic E-state index is 13.2. The van der Waals surface area contributed by atoms with Gasteiger partial charge in [-0.3, -0.25) is 14.2 Å². The molecule has 1 aromatic heterocycles. The van der Waals surface area contributed by atoms with Crippen LogP contribution < -0.4 is 10.3 Å². The van der Waals surface area contributed by atoms with Gasteiger partial charge in [0.1, 0.15) is 5.75 Å². The van der Waals surface area contributed by atoms with Crippen molar-refractivity contribution in [2.75, 3.05) is 19.4 Å². The Labute approximate surface area is 175 Å². The first kappa shape index (κ1) is 20.0. The lowest BCUT2D eigenvalue weighted by Crippen LogP contribution is -2.44. The van der Waals surface area contributed by atoms with Crippen LogP contribution in [0.15, 0.2) is 34.2 Å². The number of methoxy groups -OCH3 is 1. The van der Waals surface area contributed by atoms with Gasteiger partial charge in [-0.25, -0.2) is 4.98 Å². The highest BCUT2D eigenvalue weighted by atomic mass is 32.2. The molecule has 0 aliphatic carbocycles. The number of hydrogen-bond acceptors (Lipinski definition) is 5. The summed E-state index contributed by atoms with van der Waals surface area (Å²) in [7, 11) is 1.67. The van der Waals surface area contributed by atoms with Crippen LogP contribution in [0, 0.1) is 5.92 Å². The van der Waals surface area contributed by atoms with E-state index in [4.69, 9.17) is 4.74 Å². The number of amides is 1. The maximum absolute atomic E-state index is 13.2. The molecule has 0 radical (unpaired) electrons. The van der Waals surface area contributed by atoms with E-state index in [1.165, 1.54) is 22.9 Å². The van der Waals surface area contributed by atoms with E-state index in [1.54, 1.807) is 17.7 Å². The van der Waals surface area contributed by atoms with Crippen molar-refractivity contribution in [3.63, 3.8) is 0 Å². The van der Waals surface area contributed by atoms with Crippen molar-refractivity contribution in [2.45, 2.75) is 50.9 Å². The molecule has 29 heavy (non-hydrogen) atoms. The number of fused-ring (bicyclic) bond motifs is 2. The first-order valence-electron chi connectivity index (χ1n) is 9.96. The normalized spacial score (nSPS) is 18.8. The van der Waals surface area contributed by atoms with Crippen LogP contribution in [0.5, 0.6) is 5.75 Å². The number of hydrogen-bond donors (Lipinski definition) is 0. The van der Waals surface area contributed by atoms with Crippen molar-refractivity contribution in [3.05, 3.63) is 51.4 Å². The van der Waals surface area contributed by atoms with E-state index >= 15 is 0 Å². The van der Waals surface area contributed by atoms with Gasteiger partial charge in [0.05, 0.1) is 18.7 Å². The third kappa shape index (κ3) is 3.92. The number of ether oxygens (including phenoxy) is 1. The van der Waals surface area contributed by atoms with Crippen LogP contribution in [0.1, 0.15) is 37.6 Å². The molecule has 0 N–H and O–H groups in total. The third-order valence-corrected chi connectivity index (χ3v) is 6.78. The molecule has 2 aliphatic heterocycles. The minimum absolute atomic E-state index is 0.0685. The van der Waals surface area contributed by atoms with Gasteiger partial charge in [-0.05, 0) is 29.7 Å². The molecule has 0 fully saturated rings. The summed E-state index contributed by atoms with van der Waals surface area (Å²) in [5.41, 5.74) is 2.97. The Morgan fingerprint density at radius 2 is 2.03 bits per heavy atom. The Kier molecular flexibility index (Phi) is 5.19. The summed E-state index contributed by atoms with van der Waals surface area (Å²) < 4.78 is 6.96. The van der Waals surface area contributed by atoms with Gasteiger partial charge in [0, 0.05) is 36.9 Å². The van der Waals surface area contributed by atoms with Crippen molar-refractivity contribution < 1.29 is 9.53 Å². The minimum Gasteiger partial charge on any atom is -0.497 e. The molecule has 6 nitrogen and oxygen atoms in total. The van der Waals surface area contributed by atoms with Crippen molar-refractivity contribution in [3.8, 4) is 5.75 Å². The number of carbonyl (C=O) groups excluding carboxylic acids is 1. The van der Waals surface area contributed by atoms with Gasteiger partial charge in [0.15, 0.2) is 5.16 Å². The lowest BCUT2D eigenvalue weighted by molar-refractivity contribution is -0.136. The summed E-state index contributed by atoms with van der Waals surface area (Å²) in [6, 6.07) is 7.65. The van der Waals surface area contributed by atoms with E-state index in [0.717, 1.165) is 23.0 Å². The van der Waals surface area contributed by atoms with Gasteiger partial charge in [-0.1, -0.05) is 38.6 Å². The smallest absolute Gasteiger partial charge is 0.254 e. The molecule has 0 bridgehead atoms. The Balaban J connectivity index is 1.51. The number of carbonyl (C=O) groups is 1.